The molecule has 2 aromatic heterocycles. The van der Waals surface area contributed by atoms with Gasteiger partial charge >= 0.3 is 6.18 Å². The molecular formula is C12H14ClF3N4. The molecule has 0 saturated heterocycles. The van der Waals surface area contributed by atoms with Crippen molar-refractivity contribution >= 4 is 22.9 Å². The maximum atomic E-state index is 12.5. The second kappa shape index (κ2) is 5.47. The van der Waals surface area contributed by atoms with Crippen LogP contribution in [0.1, 0.15) is 19.5 Å². The Balaban J connectivity index is 2.28. The smallest absolute Gasteiger partial charge is 0.381 e. The van der Waals surface area contributed by atoms with Gasteiger partial charge in [0, 0.05) is 12.6 Å². The lowest BCUT2D eigenvalue weighted by Gasteiger charge is -2.17. The van der Waals surface area contributed by atoms with Crippen LogP contribution in [0.15, 0.2) is 12.3 Å². The molecule has 2 heterocycles. The molecule has 0 aliphatic rings. The van der Waals surface area contributed by atoms with Crippen molar-refractivity contribution in [1.82, 2.24) is 14.6 Å². The van der Waals surface area contributed by atoms with Crippen molar-refractivity contribution in [2.24, 2.45) is 5.92 Å². The van der Waals surface area contributed by atoms with Crippen molar-refractivity contribution in [3.05, 3.63) is 23.1 Å². The summed E-state index contributed by atoms with van der Waals surface area (Å²) in [5, 5.41) is 7.05. The Morgan fingerprint density at radius 3 is 2.75 bits per heavy atom. The van der Waals surface area contributed by atoms with Crippen LogP contribution in [0.25, 0.3) is 5.65 Å². The summed E-state index contributed by atoms with van der Waals surface area (Å²) in [5.74, 6) is -1.46. The third-order valence-electron chi connectivity index (χ3n) is 3.03. The number of anilines is 1. The van der Waals surface area contributed by atoms with E-state index in [0.29, 0.717) is 17.8 Å². The fourth-order valence-corrected chi connectivity index (χ4v) is 1.92. The fourth-order valence-electron chi connectivity index (χ4n) is 1.73. The first-order valence-corrected chi connectivity index (χ1v) is 6.54. The fraction of sp³-hybridized carbons (Fsp3) is 0.500. The van der Waals surface area contributed by atoms with Crippen LogP contribution in [-0.4, -0.2) is 27.3 Å². The summed E-state index contributed by atoms with van der Waals surface area (Å²) in [5.41, 5.74) is 1.76. The van der Waals surface area contributed by atoms with Crippen LogP contribution < -0.4 is 5.32 Å². The molecular weight excluding hydrogens is 293 g/mol. The number of halogens is 4. The first-order valence-electron chi connectivity index (χ1n) is 6.16. The number of hydrogen-bond acceptors (Lipinski definition) is 3. The molecule has 0 radical (unpaired) electrons. The van der Waals surface area contributed by atoms with Crippen LogP contribution in [-0.2, 0) is 6.42 Å². The summed E-state index contributed by atoms with van der Waals surface area (Å²) in [6.07, 6.45) is -1.89. The molecule has 0 fully saturated rings. The number of hydrogen-bond donors (Lipinski definition) is 1. The van der Waals surface area contributed by atoms with Crippen molar-refractivity contribution in [1.29, 1.82) is 0 Å². The summed E-state index contributed by atoms with van der Waals surface area (Å²) in [4.78, 5) is 4.17. The van der Waals surface area contributed by atoms with Gasteiger partial charge in [0.05, 0.1) is 23.5 Å². The third kappa shape index (κ3) is 2.98. The topological polar surface area (TPSA) is 42.2 Å². The lowest BCUT2D eigenvalue weighted by molar-refractivity contribution is -0.165. The highest BCUT2D eigenvalue weighted by Crippen LogP contribution is 2.27. The second-order valence-electron chi connectivity index (χ2n) is 4.54. The Morgan fingerprint density at radius 2 is 2.15 bits per heavy atom. The predicted molar refractivity (Wildman–Crippen MR) is 71.1 cm³/mol. The van der Waals surface area contributed by atoms with Crippen LogP contribution in [0.5, 0.6) is 0 Å². The molecule has 1 unspecified atom stereocenters. The largest absolute Gasteiger partial charge is 0.393 e. The molecule has 0 saturated carbocycles. The highest BCUT2D eigenvalue weighted by atomic mass is 35.5. The average molecular weight is 307 g/mol. The van der Waals surface area contributed by atoms with Gasteiger partial charge in [0.1, 0.15) is 0 Å². The van der Waals surface area contributed by atoms with E-state index in [4.69, 9.17) is 11.6 Å². The maximum absolute atomic E-state index is 12.5. The molecule has 8 heteroatoms. The van der Waals surface area contributed by atoms with Crippen LogP contribution >= 0.6 is 11.6 Å². The summed E-state index contributed by atoms with van der Waals surface area (Å²) < 4.78 is 39.1. The molecule has 0 bridgehead atoms. The number of aryl methyl sites for hydroxylation is 1. The van der Waals surface area contributed by atoms with Gasteiger partial charge in [0.2, 0.25) is 0 Å². The molecule has 2 aromatic rings. The first kappa shape index (κ1) is 14.9. The molecule has 1 atom stereocenters. The van der Waals surface area contributed by atoms with Crippen molar-refractivity contribution in [2.45, 2.75) is 26.4 Å². The second-order valence-corrected chi connectivity index (χ2v) is 4.93. The van der Waals surface area contributed by atoms with E-state index >= 15 is 0 Å². The summed E-state index contributed by atoms with van der Waals surface area (Å²) in [6.45, 7) is 2.81. The minimum atomic E-state index is -4.23. The number of rotatable bonds is 4. The number of nitrogens with zero attached hydrogens (tertiary/aromatic N) is 3. The van der Waals surface area contributed by atoms with Gasteiger partial charge in [0.25, 0.3) is 0 Å². The quantitative estimate of drug-likeness (QED) is 0.939. The lowest BCUT2D eigenvalue weighted by atomic mass is 10.2. The number of nitrogens with one attached hydrogen (secondary N) is 1. The number of fused-ring (bicyclic) bond motifs is 1. The monoisotopic (exact) mass is 306 g/mol. The lowest BCUT2D eigenvalue weighted by Crippen LogP contribution is -2.27. The van der Waals surface area contributed by atoms with Gasteiger partial charge in [-0.05, 0) is 6.42 Å². The summed E-state index contributed by atoms with van der Waals surface area (Å²) >= 11 is 5.89. The molecule has 0 aromatic carbocycles. The van der Waals surface area contributed by atoms with E-state index < -0.39 is 12.1 Å². The molecule has 110 valence electrons. The minimum Gasteiger partial charge on any atom is -0.381 e. The molecule has 20 heavy (non-hydrogen) atoms. The van der Waals surface area contributed by atoms with E-state index in [-0.39, 0.29) is 11.7 Å². The molecule has 1 N–H and O–H groups in total. The number of alkyl halides is 3. The average Bonchev–Trinajstić information content (AvgIpc) is 2.76. The van der Waals surface area contributed by atoms with E-state index in [1.54, 1.807) is 10.7 Å². The van der Waals surface area contributed by atoms with Crippen LogP contribution in [0.2, 0.25) is 5.15 Å². The van der Waals surface area contributed by atoms with E-state index in [2.05, 4.69) is 15.4 Å². The van der Waals surface area contributed by atoms with E-state index in [0.717, 1.165) is 12.6 Å². The highest BCUT2D eigenvalue weighted by Gasteiger charge is 2.35. The summed E-state index contributed by atoms with van der Waals surface area (Å²) in [7, 11) is 0. The zero-order valence-electron chi connectivity index (χ0n) is 11.0. The Morgan fingerprint density at radius 1 is 1.45 bits per heavy atom. The Labute approximate surface area is 118 Å². The van der Waals surface area contributed by atoms with Gasteiger partial charge in [-0.3, -0.25) is 0 Å². The molecule has 0 spiro atoms. The third-order valence-corrected chi connectivity index (χ3v) is 3.21. The minimum absolute atomic E-state index is 0.201. The summed E-state index contributed by atoms with van der Waals surface area (Å²) in [6, 6.07) is 1.48. The van der Waals surface area contributed by atoms with Gasteiger partial charge in [-0.2, -0.15) is 18.3 Å². The Kier molecular flexibility index (Phi) is 4.08. The van der Waals surface area contributed by atoms with E-state index in [1.165, 1.54) is 6.07 Å². The molecule has 0 aliphatic heterocycles. The van der Waals surface area contributed by atoms with E-state index in [1.807, 2.05) is 6.92 Å². The Hall–Kier alpha value is -1.50. The van der Waals surface area contributed by atoms with Crippen LogP contribution in [0.3, 0.4) is 0 Å². The van der Waals surface area contributed by atoms with Gasteiger partial charge in [-0.15, -0.1) is 0 Å². The first-order chi connectivity index (χ1) is 9.32. The predicted octanol–water partition coefficient (Wildman–Crippen LogP) is 3.56. The van der Waals surface area contributed by atoms with Gasteiger partial charge in [0.15, 0.2) is 10.8 Å². The normalized spacial score (nSPS) is 13.7. The standard InChI is InChI=1S/C12H14ClF3N4/c1-3-8-6-18-11-9(4-10(13)19-20(8)11)17-5-7(2)12(14,15)16/h4,6-7,17H,3,5H2,1-2H3. The van der Waals surface area contributed by atoms with Crippen molar-refractivity contribution in [3.63, 3.8) is 0 Å². The van der Waals surface area contributed by atoms with Crippen LogP contribution in [0.4, 0.5) is 18.9 Å². The number of aromatic nitrogens is 3. The van der Waals surface area contributed by atoms with Crippen LogP contribution in [0, 0.1) is 5.92 Å². The van der Waals surface area contributed by atoms with Crippen molar-refractivity contribution in [3.8, 4) is 0 Å². The maximum Gasteiger partial charge on any atom is 0.393 e. The molecule has 0 amide bonds. The van der Waals surface area contributed by atoms with Gasteiger partial charge in [-0.1, -0.05) is 25.4 Å². The highest BCUT2D eigenvalue weighted by molar-refractivity contribution is 6.29. The molecule has 2 rings (SSSR count). The van der Waals surface area contributed by atoms with Crippen molar-refractivity contribution in [2.75, 3.05) is 11.9 Å². The zero-order chi connectivity index (χ0) is 14.9. The van der Waals surface area contributed by atoms with Crippen molar-refractivity contribution < 1.29 is 13.2 Å². The van der Waals surface area contributed by atoms with E-state index in [9.17, 15) is 13.2 Å². The van der Waals surface area contributed by atoms with Gasteiger partial charge < -0.3 is 5.32 Å². The SMILES string of the molecule is CCc1cnc2c(NCC(C)C(F)(F)F)cc(Cl)nn12. The zero-order valence-corrected chi connectivity index (χ0v) is 11.8. The molecule has 0 aliphatic carbocycles. The molecule has 4 nitrogen and oxygen atoms in total. The van der Waals surface area contributed by atoms with Gasteiger partial charge in [-0.25, -0.2) is 9.50 Å². The number of imidazole rings is 1. The Bertz CT molecular complexity index is 609.